The van der Waals surface area contributed by atoms with E-state index in [1.54, 1.807) is 0 Å². The van der Waals surface area contributed by atoms with Crippen molar-refractivity contribution >= 4 is 11.8 Å². The van der Waals surface area contributed by atoms with Gasteiger partial charge in [-0.3, -0.25) is 9.59 Å². The van der Waals surface area contributed by atoms with Crippen LogP contribution in [0.5, 0.6) is 0 Å². The minimum atomic E-state index is -0.136. The molecule has 2 aliphatic rings. The molecule has 16 heavy (non-hydrogen) atoms. The minimum absolute atomic E-state index is 0.000487. The molecule has 0 bridgehead atoms. The molecule has 0 radical (unpaired) electrons. The fraction of sp³-hybridized carbons (Fsp3) is 0.818. The van der Waals surface area contributed by atoms with Crippen molar-refractivity contribution in [3.63, 3.8) is 0 Å². The third kappa shape index (κ3) is 2.35. The fourth-order valence-corrected chi connectivity index (χ4v) is 2.45. The molecule has 2 saturated heterocycles. The zero-order valence-corrected chi connectivity index (χ0v) is 9.66. The predicted molar refractivity (Wildman–Crippen MR) is 59.8 cm³/mol. The van der Waals surface area contributed by atoms with E-state index in [4.69, 9.17) is 0 Å². The van der Waals surface area contributed by atoms with Crippen molar-refractivity contribution in [2.75, 3.05) is 26.7 Å². The van der Waals surface area contributed by atoms with Crippen LogP contribution in [0.4, 0.5) is 0 Å². The van der Waals surface area contributed by atoms with E-state index in [0.717, 1.165) is 25.9 Å². The number of hydrogen-bond donors (Lipinski definition) is 2. The van der Waals surface area contributed by atoms with E-state index in [2.05, 4.69) is 10.6 Å². The van der Waals surface area contributed by atoms with Crippen molar-refractivity contribution in [1.29, 1.82) is 0 Å². The molecule has 2 fully saturated rings. The Balaban J connectivity index is 1.91. The van der Waals surface area contributed by atoms with Crippen molar-refractivity contribution in [1.82, 2.24) is 15.5 Å². The molecular weight excluding hydrogens is 206 g/mol. The SMILES string of the molecule is CNC1CCCN(C(=O)C2CNC(=O)C2)C1. The predicted octanol–water partition coefficient (Wildman–Crippen LogP) is -0.667. The zero-order chi connectivity index (χ0) is 11.5. The molecule has 0 saturated carbocycles. The number of amides is 2. The van der Waals surface area contributed by atoms with Gasteiger partial charge in [0.25, 0.3) is 0 Å². The lowest BCUT2D eigenvalue weighted by molar-refractivity contribution is -0.137. The van der Waals surface area contributed by atoms with Crippen LogP contribution < -0.4 is 10.6 Å². The molecule has 90 valence electrons. The molecule has 0 spiro atoms. The van der Waals surface area contributed by atoms with Gasteiger partial charge in [-0.15, -0.1) is 0 Å². The first-order chi connectivity index (χ1) is 7.70. The van der Waals surface area contributed by atoms with Crippen LogP contribution in [0.2, 0.25) is 0 Å². The molecule has 2 amide bonds. The Morgan fingerprint density at radius 2 is 2.38 bits per heavy atom. The van der Waals surface area contributed by atoms with Gasteiger partial charge in [-0.05, 0) is 19.9 Å². The normalized spacial score (nSPS) is 30.3. The largest absolute Gasteiger partial charge is 0.355 e. The first-order valence-electron chi connectivity index (χ1n) is 5.93. The number of carbonyl (C=O) groups excluding carboxylic acids is 2. The Labute approximate surface area is 95.6 Å². The summed E-state index contributed by atoms with van der Waals surface area (Å²) in [5.41, 5.74) is 0. The van der Waals surface area contributed by atoms with Crippen LogP contribution in [0, 0.1) is 5.92 Å². The van der Waals surface area contributed by atoms with Crippen LogP contribution in [0.1, 0.15) is 19.3 Å². The summed E-state index contributed by atoms with van der Waals surface area (Å²) in [4.78, 5) is 25.1. The molecule has 0 aromatic rings. The lowest BCUT2D eigenvalue weighted by Crippen LogP contribution is -2.49. The number of rotatable bonds is 2. The number of piperidine rings is 1. The molecule has 5 nitrogen and oxygen atoms in total. The zero-order valence-electron chi connectivity index (χ0n) is 9.66. The first kappa shape index (κ1) is 11.4. The van der Waals surface area contributed by atoms with E-state index in [1.165, 1.54) is 0 Å². The van der Waals surface area contributed by atoms with Gasteiger partial charge in [0.2, 0.25) is 11.8 Å². The molecule has 2 atom stereocenters. The average Bonchev–Trinajstić information content (AvgIpc) is 2.75. The molecular formula is C11H19N3O2. The number of nitrogens with one attached hydrogen (secondary N) is 2. The second-order valence-corrected chi connectivity index (χ2v) is 4.62. The topological polar surface area (TPSA) is 61.4 Å². The highest BCUT2D eigenvalue weighted by Crippen LogP contribution is 2.17. The summed E-state index contributed by atoms with van der Waals surface area (Å²) in [6.45, 7) is 2.13. The van der Waals surface area contributed by atoms with E-state index in [9.17, 15) is 9.59 Å². The Morgan fingerprint density at radius 1 is 1.56 bits per heavy atom. The van der Waals surface area contributed by atoms with Crippen molar-refractivity contribution in [3.05, 3.63) is 0 Å². The molecule has 2 rings (SSSR count). The Morgan fingerprint density at radius 3 is 3.00 bits per heavy atom. The van der Waals surface area contributed by atoms with E-state index < -0.39 is 0 Å². The maximum atomic E-state index is 12.1. The maximum Gasteiger partial charge on any atom is 0.228 e. The second-order valence-electron chi connectivity index (χ2n) is 4.62. The van der Waals surface area contributed by atoms with Gasteiger partial charge in [0.05, 0.1) is 5.92 Å². The third-order valence-corrected chi connectivity index (χ3v) is 3.47. The van der Waals surface area contributed by atoms with Gasteiger partial charge in [0.1, 0.15) is 0 Å². The van der Waals surface area contributed by atoms with Gasteiger partial charge >= 0.3 is 0 Å². The second kappa shape index (κ2) is 4.82. The van der Waals surface area contributed by atoms with E-state index in [-0.39, 0.29) is 17.7 Å². The average molecular weight is 225 g/mol. The van der Waals surface area contributed by atoms with Crippen LogP contribution in [0.15, 0.2) is 0 Å². The maximum absolute atomic E-state index is 12.1. The molecule has 0 aromatic carbocycles. The van der Waals surface area contributed by atoms with Gasteiger partial charge in [0.15, 0.2) is 0 Å². The summed E-state index contributed by atoms with van der Waals surface area (Å²) in [6.07, 6.45) is 2.53. The number of hydrogen-bond acceptors (Lipinski definition) is 3. The van der Waals surface area contributed by atoms with Crippen LogP contribution >= 0.6 is 0 Å². The summed E-state index contributed by atoms with van der Waals surface area (Å²) < 4.78 is 0. The highest BCUT2D eigenvalue weighted by Gasteiger charge is 2.33. The molecule has 5 heteroatoms. The Bertz CT molecular complexity index is 293. The van der Waals surface area contributed by atoms with Crippen LogP contribution in [-0.2, 0) is 9.59 Å². The highest BCUT2D eigenvalue weighted by molar-refractivity contribution is 5.89. The lowest BCUT2D eigenvalue weighted by atomic mass is 10.0. The van der Waals surface area contributed by atoms with Gasteiger partial charge in [-0.1, -0.05) is 0 Å². The molecule has 0 aromatic heterocycles. The monoisotopic (exact) mass is 225 g/mol. The summed E-state index contributed by atoms with van der Waals surface area (Å²) in [7, 11) is 1.93. The van der Waals surface area contributed by atoms with Crippen LogP contribution in [0.3, 0.4) is 0 Å². The fourth-order valence-electron chi connectivity index (χ4n) is 2.45. The van der Waals surface area contributed by atoms with Crippen molar-refractivity contribution in [3.8, 4) is 0 Å². The highest BCUT2D eigenvalue weighted by atomic mass is 16.2. The van der Waals surface area contributed by atoms with Crippen molar-refractivity contribution < 1.29 is 9.59 Å². The third-order valence-electron chi connectivity index (χ3n) is 3.47. The summed E-state index contributed by atoms with van der Waals surface area (Å²) in [5.74, 6) is 0.00179. The number of carbonyl (C=O) groups is 2. The first-order valence-corrected chi connectivity index (χ1v) is 5.93. The van der Waals surface area contributed by atoms with Gasteiger partial charge < -0.3 is 15.5 Å². The summed E-state index contributed by atoms with van der Waals surface area (Å²) >= 11 is 0. The molecule has 2 aliphatic heterocycles. The van der Waals surface area contributed by atoms with Gasteiger partial charge in [0, 0.05) is 32.1 Å². The van der Waals surface area contributed by atoms with Crippen molar-refractivity contribution in [2.45, 2.75) is 25.3 Å². The number of likely N-dealkylation sites (N-methyl/N-ethyl adjacent to an activating group) is 1. The number of likely N-dealkylation sites (tertiary alicyclic amines) is 1. The van der Waals surface area contributed by atoms with Gasteiger partial charge in [-0.2, -0.15) is 0 Å². The summed E-state index contributed by atoms with van der Waals surface area (Å²) in [5, 5.41) is 5.92. The smallest absolute Gasteiger partial charge is 0.228 e. The quantitative estimate of drug-likeness (QED) is 0.655. The molecule has 2 heterocycles. The Hall–Kier alpha value is -1.10. The van der Waals surface area contributed by atoms with E-state index >= 15 is 0 Å². The molecule has 2 unspecified atom stereocenters. The molecule has 0 aliphatic carbocycles. The van der Waals surface area contributed by atoms with Crippen LogP contribution in [0.25, 0.3) is 0 Å². The standard InChI is InChI=1S/C11H19N3O2/c1-12-9-3-2-4-14(7-9)11(16)8-5-10(15)13-6-8/h8-9,12H,2-7H2,1H3,(H,13,15). The van der Waals surface area contributed by atoms with Crippen molar-refractivity contribution in [2.24, 2.45) is 5.92 Å². The molecule has 2 N–H and O–H groups in total. The number of nitrogens with zero attached hydrogens (tertiary/aromatic N) is 1. The van der Waals surface area contributed by atoms with E-state index in [0.29, 0.717) is 19.0 Å². The Kier molecular flexibility index (Phi) is 3.43. The minimum Gasteiger partial charge on any atom is -0.355 e. The summed E-state index contributed by atoms with van der Waals surface area (Å²) in [6, 6.07) is 0.405. The van der Waals surface area contributed by atoms with Gasteiger partial charge in [-0.25, -0.2) is 0 Å². The lowest BCUT2D eigenvalue weighted by Gasteiger charge is -2.33. The van der Waals surface area contributed by atoms with Crippen LogP contribution in [-0.4, -0.2) is 49.4 Å². The van der Waals surface area contributed by atoms with E-state index in [1.807, 2.05) is 11.9 Å².